The molecule has 1 rings (SSSR count). The maximum absolute atomic E-state index is 10.6. The lowest BCUT2D eigenvalue weighted by atomic mass is 10.1. The summed E-state index contributed by atoms with van der Waals surface area (Å²) in [6.07, 6.45) is 0. The van der Waals surface area contributed by atoms with Gasteiger partial charge < -0.3 is 21.7 Å². The molecule has 6 N–H and O–H groups in total. The van der Waals surface area contributed by atoms with Crippen LogP contribution < -0.4 is 11.5 Å². The van der Waals surface area contributed by atoms with Gasteiger partial charge in [0.15, 0.2) is 0 Å². The van der Waals surface area contributed by atoms with Gasteiger partial charge in [-0.2, -0.15) is 0 Å². The average Bonchev–Trinajstić information content (AvgIpc) is 2.76. The van der Waals surface area contributed by atoms with E-state index >= 15 is 0 Å². The Morgan fingerprint density at radius 2 is 1.92 bits per heavy atom. The van der Waals surface area contributed by atoms with Crippen LogP contribution in [0.3, 0.4) is 0 Å². The van der Waals surface area contributed by atoms with Crippen LogP contribution in [0.5, 0.6) is 0 Å². The third-order valence-corrected chi connectivity index (χ3v) is 2.49. The standard InChI is InChI=1S/C7H12N2O4/c8-1-2-3(4(2)6(10)11)5(9)7(12)13/h2-5H,1,8-9H2,(H,10,11)(H,12,13)/t2?,3?,4?,5-/m0/s1. The monoisotopic (exact) mass is 188 g/mol. The first kappa shape index (κ1) is 9.94. The molecule has 0 aromatic heterocycles. The number of carbonyl (C=O) groups is 2. The van der Waals surface area contributed by atoms with Crippen LogP contribution in [-0.2, 0) is 9.59 Å². The Kier molecular flexibility index (Phi) is 2.53. The summed E-state index contributed by atoms with van der Waals surface area (Å²) >= 11 is 0. The van der Waals surface area contributed by atoms with E-state index in [2.05, 4.69) is 0 Å². The number of hydrogen-bond donors (Lipinski definition) is 4. The summed E-state index contributed by atoms with van der Waals surface area (Å²) in [7, 11) is 0. The molecule has 0 radical (unpaired) electrons. The summed E-state index contributed by atoms with van der Waals surface area (Å²) in [5, 5.41) is 17.2. The zero-order valence-electron chi connectivity index (χ0n) is 6.88. The maximum Gasteiger partial charge on any atom is 0.320 e. The number of carboxylic acid groups (broad SMARTS) is 2. The van der Waals surface area contributed by atoms with Crippen molar-refractivity contribution in [1.29, 1.82) is 0 Å². The van der Waals surface area contributed by atoms with E-state index in [0.29, 0.717) is 0 Å². The molecular formula is C7H12N2O4. The van der Waals surface area contributed by atoms with Gasteiger partial charge in [0.25, 0.3) is 0 Å². The van der Waals surface area contributed by atoms with Gasteiger partial charge in [-0.05, 0) is 12.5 Å². The topological polar surface area (TPSA) is 127 Å². The minimum atomic E-state index is -1.17. The van der Waals surface area contributed by atoms with E-state index in [-0.39, 0.29) is 12.5 Å². The van der Waals surface area contributed by atoms with Crippen molar-refractivity contribution in [2.75, 3.05) is 6.54 Å². The van der Waals surface area contributed by atoms with Crippen molar-refractivity contribution in [2.24, 2.45) is 29.2 Å². The second-order valence-electron chi connectivity index (χ2n) is 3.20. The number of aliphatic carboxylic acids is 2. The summed E-state index contributed by atoms with van der Waals surface area (Å²) in [6, 6.07) is -1.12. The van der Waals surface area contributed by atoms with Gasteiger partial charge in [0.05, 0.1) is 5.92 Å². The number of rotatable bonds is 4. The molecule has 1 aliphatic rings. The highest BCUT2D eigenvalue weighted by Crippen LogP contribution is 2.47. The smallest absolute Gasteiger partial charge is 0.320 e. The molecule has 74 valence electrons. The maximum atomic E-state index is 10.6. The normalized spacial score (nSPS) is 33.8. The molecule has 0 spiro atoms. The van der Waals surface area contributed by atoms with E-state index in [1.807, 2.05) is 0 Å². The lowest BCUT2D eigenvalue weighted by molar-refractivity contribution is -0.140. The van der Waals surface area contributed by atoms with Crippen LogP contribution >= 0.6 is 0 Å². The van der Waals surface area contributed by atoms with Gasteiger partial charge in [-0.15, -0.1) is 0 Å². The van der Waals surface area contributed by atoms with E-state index in [1.165, 1.54) is 0 Å². The molecule has 0 amide bonds. The van der Waals surface area contributed by atoms with Crippen LogP contribution in [0.4, 0.5) is 0 Å². The first-order chi connectivity index (χ1) is 6.00. The number of nitrogens with two attached hydrogens (primary N) is 2. The number of carboxylic acids is 2. The van der Waals surface area contributed by atoms with Gasteiger partial charge in [0, 0.05) is 5.92 Å². The van der Waals surface area contributed by atoms with E-state index < -0.39 is 29.8 Å². The van der Waals surface area contributed by atoms with E-state index in [1.54, 1.807) is 0 Å². The van der Waals surface area contributed by atoms with Gasteiger partial charge in [-0.25, -0.2) is 0 Å². The molecule has 1 saturated carbocycles. The molecule has 0 aliphatic heterocycles. The lowest BCUT2D eigenvalue weighted by Gasteiger charge is -2.03. The summed E-state index contributed by atoms with van der Waals surface area (Å²) < 4.78 is 0. The lowest BCUT2D eigenvalue weighted by Crippen LogP contribution is -2.34. The Morgan fingerprint density at radius 1 is 1.38 bits per heavy atom. The fraction of sp³-hybridized carbons (Fsp3) is 0.714. The van der Waals surface area contributed by atoms with Crippen molar-refractivity contribution in [3.63, 3.8) is 0 Å². The second-order valence-corrected chi connectivity index (χ2v) is 3.20. The largest absolute Gasteiger partial charge is 0.481 e. The third kappa shape index (κ3) is 1.63. The predicted octanol–water partition coefficient (Wildman–Crippen LogP) is -1.70. The van der Waals surface area contributed by atoms with Crippen LogP contribution in [0.15, 0.2) is 0 Å². The molecule has 4 atom stereocenters. The quantitative estimate of drug-likeness (QED) is 0.416. The third-order valence-electron chi connectivity index (χ3n) is 2.49. The molecule has 1 fully saturated rings. The van der Waals surface area contributed by atoms with Crippen LogP contribution in [0.2, 0.25) is 0 Å². The summed E-state index contributed by atoms with van der Waals surface area (Å²) in [6.45, 7) is 0.169. The SMILES string of the molecule is NCC1C(C(=O)O)C1[C@H](N)C(=O)O. The average molecular weight is 188 g/mol. The molecule has 13 heavy (non-hydrogen) atoms. The van der Waals surface area contributed by atoms with Crippen LogP contribution in [0.1, 0.15) is 0 Å². The Labute approximate surface area is 74.5 Å². The molecule has 6 nitrogen and oxygen atoms in total. The predicted molar refractivity (Wildman–Crippen MR) is 42.8 cm³/mol. The molecule has 0 saturated heterocycles. The number of hydrogen-bond acceptors (Lipinski definition) is 4. The van der Waals surface area contributed by atoms with Crippen LogP contribution in [-0.4, -0.2) is 34.7 Å². The van der Waals surface area contributed by atoms with Crippen molar-refractivity contribution in [1.82, 2.24) is 0 Å². The zero-order valence-corrected chi connectivity index (χ0v) is 6.88. The Bertz CT molecular complexity index is 243. The molecule has 1 aliphatic carbocycles. The van der Waals surface area contributed by atoms with Crippen molar-refractivity contribution >= 4 is 11.9 Å². The highest BCUT2D eigenvalue weighted by atomic mass is 16.4. The van der Waals surface area contributed by atoms with Crippen molar-refractivity contribution in [3.05, 3.63) is 0 Å². The van der Waals surface area contributed by atoms with Gasteiger partial charge in [0.2, 0.25) is 0 Å². The Morgan fingerprint density at radius 3 is 2.15 bits per heavy atom. The molecule has 0 heterocycles. The molecule has 0 aromatic rings. The fourth-order valence-electron chi connectivity index (χ4n) is 1.71. The Balaban J connectivity index is 2.63. The van der Waals surface area contributed by atoms with E-state index in [4.69, 9.17) is 21.7 Å². The summed E-state index contributed by atoms with van der Waals surface area (Å²) in [5.41, 5.74) is 10.6. The first-order valence-electron chi connectivity index (χ1n) is 3.92. The van der Waals surface area contributed by atoms with Crippen LogP contribution in [0, 0.1) is 17.8 Å². The van der Waals surface area contributed by atoms with Crippen molar-refractivity contribution in [3.8, 4) is 0 Å². The Hall–Kier alpha value is -1.14. The molecule has 0 aromatic carbocycles. The highest BCUT2D eigenvalue weighted by Gasteiger charge is 2.58. The van der Waals surface area contributed by atoms with E-state index in [9.17, 15) is 9.59 Å². The molecule has 6 heteroatoms. The highest BCUT2D eigenvalue weighted by molar-refractivity contribution is 5.80. The summed E-state index contributed by atoms with van der Waals surface area (Å²) in [4.78, 5) is 21.0. The van der Waals surface area contributed by atoms with Gasteiger partial charge in [-0.3, -0.25) is 9.59 Å². The van der Waals surface area contributed by atoms with Gasteiger partial charge >= 0.3 is 11.9 Å². The van der Waals surface area contributed by atoms with Crippen molar-refractivity contribution in [2.45, 2.75) is 6.04 Å². The summed E-state index contributed by atoms with van der Waals surface area (Å²) in [5.74, 6) is -3.68. The minimum absolute atomic E-state index is 0.169. The van der Waals surface area contributed by atoms with E-state index in [0.717, 1.165) is 0 Å². The van der Waals surface area contributed by atoms with Gasteiger partial charge in [-0.1, -0.05) is 0 Å². The van der Waals surface area contributed by atoms with Gasteiger partial charge in [0.1, 0.15) is 6.04 Å². The zero-order chi connectivity index (χ0) is 10.2. The second kappa shape index (κ2) is 3.31. The molecule has 0 bridgehead atoms. The molecule has 3 unspecified atom stereocenters. The van der Waals surface area contributed by atoms with Crippen LogP contribution in [0.25, 0.3) is 0 Å². The van der Waals surface area contributed by atoms with Crippen molar-refractivity contribution < 1.29 is 19.8 Å². The first-order valence-corrected chi connectivity index (χ1v) is 3.92. The fourth-order valence-corrected chi connectivity index (χ4v) is 1.71. The molecular weight excluding hydrogens is 176 g/mol. The minimum Gasteiger partial charge on any atom is -0.481 e.